The molecule has 240 valence electrons. The molecule has 14 heteroatoms. The Kier molecular flexibility index (Phi) is 9.46. The van der Waals surface area contributed by atoms with Crippen LogP contribution in [0.1, 0.15) is 39.2 Å². The van der Waals surface area contributed by atoms with Crippen molar-refractivity contribution in [2.24, 2.45) is 0 Å². The quantitative estimate of drug-likeness (QED) is 0.164. The van der Waals surface area contributed by atoms with Gasteiger partial charge in [-0.05, 0) is 70.9 Å². The summed E-state index contributed by atoms with van der Waals surface area (Å²) >= 11 is 1.49. The molecule has 0 unspecified atom stereocenters. The number of hydrogen-bond acceptors (Lipinski definition) is 12. The maximum absolute atomic E-state index is 12.9. The molecule has 0 bridgehead atoms. The molecule has 0 saturated carbocycles. The number of carbonyl (C=O) groups is 1. The van der Waals surface area contributed by atoms with Crippen molar-refractivity contribution in [2.45, 2.75) is 57.1 Å². The Bertz CT molecular complexity index is 1760. The number of thiazole rings is 1. The van der Waals surface area contributed by atoms with Gasteiger partial charge in [-0.15, -0.1) is 10.2 Å². The van der Waals surface area contributed by atoms with Crippen molar-refractivity contribution in [1.29, 1.82) is 0 Å². The number of hydrogen-bond donors (Lipinski definition) is 0. The highest BCUT2D eigenvalue weighted by Crippen LogP contribution is 2.37. The molecule has 0 radical (unpaired) electrons. The van der Waals surface area contributed by atoms with Crippen molar-refractivity contribution in [2.75, 3.05) is 38.9 Å². The van der Waals surface area contributed by atoms with Crippen LogP contribution in [-0.4, -0.2) is 80.3 Å². The lowest BCUT2D eigenvalue weighted by atomic mass is 10.0. The zero-order valence-electron chi connectivity index (χ0n) is 26.1. The van der Waals surface area contributed by atoms with Gasteiger partial charge in [-0.1, -0.05) is 29.0 Å². The van der Waals surface area contributed by atoms with Gasteiger partial charge in [0.1, 0.15) is 22.0 Å². The smallest absolute Gasteiger partial charge is 0.410 e. The number of aryl methyl sites for hydroxylation is 1. The van der Waals surface area contributed by atoms with E-state index in [1.54, 1.807) is 29.2 Å². The van der Waals surface area contributed by atoms with Crippen LogP contribution in [0.4, 0.5) is 9.93 Å². The van der Waals surface area contributed by atoms with Gasteiger partial charge in [-0.2, -0.15) is 13.4 Å². The van der Waals surface area contributed by atoms with Crippen LogP contribution < -0.4 is 13.8 Å². The van der Waals surface area contributed by atoms with E-state index >= 15 is 0 Å². The maximum Gasteiger partial charge on any atom is 0.410 e. The van der Waals surface area contributed by atoms with Crippen LogP contribution in [0, 0.1) is 6.92 Å². The number of carbonyl (C=O) groups excluding carboxylic acids is 1. The van der Waals surface area contributed by atoms with Crippen LogP contribution in [0.15, 0.2) is 53.4 Å². The fraction of sp³-hybridized carbons (Fsp3) is 0.419. The van der Waals surface area contributed by atoms with Crippen molar-refractivity contribution in [3.63, 3.8) is 0 Å². The van der Waals surface area contributed by atoms with Crippen molar-refractivity contribution in [3.05, 3.63) is 54.1 Å². The summed E-state index contributed by atoms with van der Waals surface area (Å²) in [7, 11) is -0.564. The number of amides is 1. The van der Waals surface area contributed by atoms with E-state index in [-0.39, 0.29) is 29.6 Å². The molecule has 0 atom stereocenters. The Morgan fingerprint density at radius 3 is 2.44 bits per heavy atom. The van der Waals surface area contributed by atoms with Gasteiger partial charge in [0, 0.05) is 44.9 Å². The first-order chi connectivity index (χ1) is 21.3. The molecule has 45 heavy (non-hydrogen) atoms. The molecule has 0 N–H and O–H groups in total. The number of likely N-dealkylation sites (tertiary alicyclic amines) is 1. The maximum atomic E-state index is 12.9. The monoisotopic (exact) mass is 655 g/mol. The highest BCUT2D eigenvalue weighted by molar-refractivity contribution is 7.87. The van der Waals surface area contributed by atoms with E-state index < -0.39 is 15.7 Å². The lowest BCUT2D eigenvalue weighted by molar-refractivity contribution is 0.0205. The molecule has 5 rings (SSSR count). The second-order valence-corrected chi connectivity index (χ2v) is 14.3. The molecule has 1 aliphatic heterocycles. The minimum atomic E-state index is -4.05. The number of methoxy groups -OCH3 is 1. The molecule has 1 saturated heterocycles. The van der Waals surface area contributed by atoms with E-state index in [0.717, 1.165) is 28.2 Å². The number of piperidine rings is 1. The standard InChI is InChI=1S/C31H37N5O7S2/c1-20-7-10-23(11-8-20)45(38,39)43-22-9-12-24(26(17-22)41-19-40-6)25-18-27-28(34-33-25)32-29(44-27)35(5)21-13-15-36(16-14-21)30(37)42-31(2,3)4/h7-12,17-18,21H,13-16,19H2,1-6H3. The Balaban J connectivity index is 1.33. The van der Waals surface area contributed by atoms with E-state index in [4.69, 9.17) is 23.4 Å². The third kappa shape index (κ3) is 7.81. The second kappa shape index (κ2) is 13.2. The fourth-order valence-electron chi connectivity index (χ4n) is 4.82. The molecule has 2 aromatic heterocycles. The summed E-state index contributed by atoms with van der Waals surface area (Å²) in [6.07, 6.45) is 1.29. The fourth-order valence-corrected chi connectivity index (χ4v) is 6.71. The molecule has 1 amide bonds. The van der Waals surface area contributed by atoms with E-state index in [0.29, 0.717) is 35.7 Å². The lowest BCUT2D eigenvalue weighted by Crippen LogP contribution is -2.47. The van der Waals surface area contributed by atoms with Crippen molar-refractivity contribution < 1.29 is 31.6 Å². The van der Waals surface area contributed by atoms with E-state index in [1.807, 2.05) is 40.8 Å². The molecule has 1 fully saturated rings. The predicted octanol–water partition coefficient (Wildman–Crippen LogP) is 5.65. The average Bonchev–Trinajstić information content (AvgIpc) is 3.42. The van der Waals surface area contributed by atoms with Gasteiger partial charge in [0.2, 0.25) is 0 Å². The van der Waals surface area contributed by atoms with E-state index in [1.165, 1.54) is 36.6 Å². The highest BCUT2D eigenvalue weighted by atomic mass is 32.2. The number of anilines is 1. The summed E-state index contributed by atoms with van der Waals surface area (Å²) in [4.78, 5) is 21.1. The molecule has 0 spiro atoms. The Hall–Kier alpha value is -4.01. The van der Waals surface area contributed by atoms with Crippen LogP contribution in [-0.2, 0) is 19.6 Å². The van der Waals surface area contributed by atoms with Crippen molar-refractivity contribution in [3.8, 4) is 22.8 Å². The zero-order chi connectivity index (χ0) is 32.4. The second-order valence-electron chi connectivity index (χ2n) is 11.8. The van der Waals surface area contributed by atoms with Crippen LogP contribution >= 0.6 is 11.3 Å². The summed E-state index contributed by atoms with van der Waals surface area (Å²) in [5.74, 6) is 0.402. The average molecular weight is 656 g/mol. The highest BCUT2D eigenvalue weighted by Gasteiger charge is 2.29. The molecule has 1 aliphatic rings. The summed E-state index contributed by atoms with van der Waals surface area (Å²) in [5, 5.41) is 9.55. The van der Waals surface area contributed by atoms with Gasteiger partial charge in [0.25, 0.3) is 0 Å². The lowest BCUT2D eigenvalue weighted by Gasteiger charge is -2.37. The molecule has 3 heterocycles. The molecular formula is C31H37N5O7S2. The number of aromatic nitrogens is 3. The first-order valence-electron chi connectivity index (χ1n) is 14.5. The van der Waals surface area contributed by atoms with Crippen LogP contribution in [0.2, 0.25) is 0 Å². The minimum Gasteiger partial charge on any atom is -0.467 e. The zero-order valence-corrected chi connectivity index (χ0v) is 27.8. The van der Waals surface area contributed by atoms with Gasteiger partial charge in [-0.25, -0.2) is 4.79 Å². The first-order valence-corrected chi connectivity index (χ1v) is 16.7. The van der Waals surface area contributed by atoms with Crippen molar-refractivity contribution >= 4 is 43.0 Å². The normalized spacial score (nSPS) is 14.4. The first kappa shape index (κ1) is 32.4. The Labute approximate surface area is 267 Å². The largest absolute Gasteiger partial charge is 0.467 e. The van der Waals surface area contributed by atoms with Gasteiger partial charge < -0.3 is 28.2 Å². The van der Waals surface area contributed by atoms with Crippen molar-refractivity contribution in [1.82, 2.24) is 20.1 Å². The third-order valence-corrected chi connectivity index (χ3v) is 9.53. The number of ether oxygens (including phenoxy) is 3. The van der Waals surface area contributed by atoms with E-state index in [9.17, 15) is 13.2 Å². The number of benzene rings is 2. The molecule has 4 aromatic rings. The topological polar surface area (TPSA) is 133 Å². The van der Waals surface area contributed by atoms with Gasteiger partial charge >= 0.3 is 16.2 Å². The Morgan fingerprint density at radius 2 is 1.78 bits per heavy atom. The minimum absolute atomic E-state index is 0.0485. The van der Waals surface area contributed by atoms with Crippen LogP contribution in [0.25, 0.3) is 21.6 Å². The number of rotatable bonds is 9. The number of nitrogens with zero attached hydrogens (tertiary/aromatic N) is 5. The third-order valence-electron chi connectivity index (χ3n) is 7.19. The summed E-state index contributed by atoms with van der Waals surface area (Å²) in [6, 6.07) is 13.2. The van der Waals surface area contributed by atoms with Gasteiger partial charge in [0.05, 0.1) is 10.4 Å². The van der Waals surface area contributed by atoms with Crippen LogP contribution in [0.3, 0.4) is 0 Å². The van der Waals surface area contributed by atoms with Gasteiger partial charge in [-0.3, -0.25) is 0 Å². The molecular weight excluding hydrogens is 619 g/mol. The summed E-state index contributed by atoms with van der Waals surface area (Å²) in [6.45, 7) is 8.61. The molecule has 2 aromatic carbocycles. The van der Waals surface area contributed by atoms with Crippen LogP contribution in [0.5, 0.6) is 11.5 Å². The SMILES string of the molecule is COCOc1cc(OS(=O)(=O)c2ccc(C)cc2)ccc1-c1cc2sc(N(C)C3CCN(C(=O)OC(C)(C)C)CC3)nc2nn1. The molecule has 12 nitrogen and oxygen atoms in total. The summed E-state index contributed by atoms with van der Waals surface area (Å²) in [5.41, 5.74) is 2.03. The predicted molar refractivity (Wildman–Crippen MR) is 171 cm³/mol. The number of fused-ring (bicyclic) bond motifs is 1. The summed E-state index contributed by atoms with van der Waals surface area (Å²) < 4.78 is 48.4. The van der Waals surface area contributed by atoms with Gasteiger partial charge in [0.15, 0.2) is 17.6 Å². The van der Waals surface area contributed by atoms with E-state index in [2.05, 4.69) is 15.1 Å². The Morgan fingerprint density at radius 1 is 1.07 bits per heavy atom. The molecule has 0 aliphatic carbocycles.